The zero-order chi connectivity index (χ0) is 15.5. The minimum atomic E-state index is 0. The maximum Gasteiger partial charge on any atom is 0.193 e. The molecule has 0 aliphatic heterocycles. The van der Waals surface area contributed by atoms with Crippen LogP contribution >= 0.6 is 35.3 Å². The molecule has 2 unspecified atom stereocenters. The number of thiazole rings is 1. The summed E-state index contributed by atoms with van der Waals surface area (Å²) in [5.74, 6) is 1.86. The van der Waals surface area contributed by atoms with Crippen molar-refractivity contribution >= 4 is 41.3 Å². The van der Waals surface area contributed by atoms with E-state index in [4.69, 9.17) is 4.98 Å². The number of hydrogen-bond acceptors (Lipinski definition) is 3. The lowest BCUT2D eigenvalue weighted by molar-refractivity contribution is 0.470. The number of hydrogen-bond donors (Lipinski definition) is 1. The fourth-order valence-electron chi connectivity index (χ4n) is 3.38. The van der Waals surface area contributed by atoms with Crippen molar-refractivity contribution in [1.29, 1.82) is 0 Å². The third-order valence-corrected chi connectivity index (χ3v) is 5.87. The Morgan fingerprint density at radius 1 is 1.39 bits per heavy atom. The SMILES string of the molecule is CCCC1CC1NC(=NC)N(C)Cc1nc2c(s1)CCCC2.I. The summed E-state index contributed by atoms with van der Waals surface area (Å²) >= 11 is 1.90. The van der Waals surface area contributed by atoms with Gasteiger partial charge in [-0.3, -0.25) is 4.99 Å². The van der Waals surface area contributed by atoms with Gasteiger partial charge in [-0.25, -0.2) is 4.98 Å². The van der Waals surface area contributed by atoms with Crippen LogP contribution in [0.3, 0.4) is 0 Å². The molecule has 1 fully saturated rings. The Labute approximate surface area is 161 Å². The number of fused-ring (bicyclic) bond motifs is 1. The lowest BCUT2D eigenvalue weighted by Crippen LogP contribution is -2.40. The summed E-state index contributed by atoms with van der Waals surface area (Å²) in [6.07, 6.45) is 8.93. The van der Waals surface area contributed by atoms with E-state index in [2.05, 4.69) is 29.2 Å². The van der Waals surface area contributed by atoms with Gasteiger partial charge in [0.05, 0.1) is 12.2 Å². The molecular formula is C17H29IN4S. The van der Waals surface area contributed by atoms with Crippen LogP contribution in [0, 0.1) is 5.92 Å². The highest BCUT2D eigenvalue weighted by Crippen LogP contribution is 2.34. The van der Waals surface area contributed by atoms with Crippen LogP contribution in [0.4, 0.5) is 0 Å². The van der Waals surface area contributed by atoms with Crippen molar-refractivity contribution in [2.24, 2.45) is 10.9 Å². The van der Waals surface area contributed by atoms with Gasteiger partial charge in [0.25, 0.3) is 0 Å². The zero-order valence-corrected chi connectivity index (χ0v) is 17.6. The van der Waals surface area contributed by atoms with Crippen LogP contribution in [-0.2, 0) is 19.4 Å². The van der Waals surface area contributed by atoms with Crippen molar-refractivity contribution in [2.75, 3.05) is 14.1 Å². The Morgan fingerprint density at radius 2 is 2.17 bits per heavy atom. The maximum atomic E-state index is 4.84. The molecule has 130 valence electrons. The summed E-state index contributed by atoms with van der Waals surface area (Å²) in [5, 5.41) is 4.84. The van der Waals surface area contributed by atoms with Gasteiger partial charge < -0.3 is 10.2 Å². The number of rotatable bonds is 5. The first-order valence-corrected chi connectivity index (χ1v) is 9.44. The van der Waals surface area contributed by atoms with Crippen molar-refractivity contribution in [3.8, 4) is 0 Å². The highest BCUT2D eigenvalue weighted by Gasteiger charge is 2.37. The van der Waals surface area contributed by atoms with Crippen LogP contribution in [0.5, 0.6) is 0 Å². The summed E-state index contributed by atoms with van der Waals surface area (Å²) in [6, 6.07) is 0.630. The van der Waals surface area contributed by atoms with Crippen LogP contribution in [0.1, 0.15) is 54.6 Å². The highest BCUT2D eigenvalue weighted by atomic mass is 127. The van der Waals surface area contributed by atoms with Gasteiger partial charge in [-0.1, -0.05) is 13.3 Å². The first kappa shape index (κ1) is 19.0. The first-order chi connectivity index (χ1) is 10.7. The minimum Gasteiger partial charge on any atom is -0.353 e. The van der Waals surface area contributed by atoms with Crippen molar-refractivity contribution in [2.45, 2.75) is 64.5 Å². The second-order valence-corrected chi connectivity index (χ2v) is 7.79. The average Bonchev–Trinajstić information content (AvgIpc) is 3.11. The van der Waals surface area contributed by atoms with Gasteiger partial charge in [0.15, 0.2) is 5.96 Å². The van der Waals surface area contributed by atoms with Crippen LogP contribution in [0.15, 0.2) is 4.99 Å². The van der Waals surface area contributed by atoms with Gasteiger partial charge in [0, 0.05) is 25.0 Å². The zero-order valence-electron chi connectivity index (χ0n) is 14.5. The number of nitrogens with one attached hydrogen (secondary N) is 1. The van der Waals surface area contributed by atoms with Crippen molar-refractivity contribution in [3.05, 3.63) is 15.6 Å². The Morgan fingerprint density at radius 3 is 2.87 bits per heavy atom. The Bertz CT molecular complexity index is 519. The number of nitrogens with zero attached hydrogens (tertiary/aromatic N) is 3. The molecule has 4 nitrogen and oxygen atoms in total. The molecule has 2 aliphatic rings. The van der Waals surface area contributed by atoms with Gasteiger partial charge in [-0.2, -0.15) is 0 Å². The summed E-state index contributed by atoms with van der Waals surface area (Å²) in [6.45, 7) is 3.13. The van der Waals surface area contributed by atoms with Crippen molar-refractivity contribution in [1.82, 2.24) is 15.2 Å². The van der Waals surface area contributed by atoms with E-state index >= 15 is 0 Å². The monoisotopic (exact) mass is 448 g/mol. The smallest absolute Gasteiger partial charge is 0.193 e. The van der Waals surface area contributed by atoms with Crippen LogP contribution in [-0.4, -0.2) is 36.0 Å². The molecular weight excluding hydrogens is 419 g/mol. The van der Waals surface area contributed by atoms with E-state index in [1.807, 2.05) is 18.4 Å². The summed E-state index contributed by atoms with van der Waals surface area (Å²) in [5.41, 5.74) is 1.35. The van der Waals surface area contributed by atoms with E-state index in [0.29, 0.717) is 6.04 Å². The molecule has 1 heterocycles. The summed E-state index contributed by atoms with van der Waals surface area (Å²) in [4.78, 5) is 13.0. The average molecular weight is 448 g/mol. The molecule has 1 saturated carbocycles. The second-order valence-electron chi connectivity index (χ2n) is 6.62. The van der Waals surface area contributed by atoms with Crippen molar-refractivity contribution < 1.29 is 0 Å². The molecule has 1 N–H and O–H groups in total. The van der Waals surface area contributed by atoms with Gasteiger partial charge >= 0.3 is 0 Å². The quantitative estimate of drug-likeness (QED) is 0.423. The Kier molecular flexibility index (Phi) is 7.13. The number of guanidine groups is 1. The Hall–Kier alpha value is -0.370. The number of aryl methyl sites for hydroxylation is 2. The third kappa shape index (κ3) is 4.81. The van der Waals surface area contributed by atoms with Gasteiger partial charge in [-0.05, 0) is 44.4 Å². The fraction of sp³-hybridized carbons (Fsp3) is 0.765. The predicted molar refractivity (Wildman–Crippen MR) is 109 cm³/mol. The van der Waals surface area contributed by atoms with E-state index in [0.717, 1.165) is 18.4 Å². The van der Waals surface area contributed by atoms with Crippen LogP contribution in [0.25, 0.3) is 0 Å². The van der Waals surface area contributed by atoms with Gasteiger partial charge in [-0.15, -0.1) is 35.3 Å². The maximum absolute atomic E-state index is 4.84. The molecule has 23 heavy (non-hydrogen) atoms. The van der Waals surface area contributed by atoms with Gasteiger partial charge in [0.2, 0.25) is 0 Å². The van der Waals surface area contributed by atoms with E-state index in [1.54, 1.807) is 0 Å². The van der Waals surface area contributed by atoms with Crippen LogP contribution in [0.2, 0.25) is 0 Å². The number of aromatic nitrogens is 1. The summed E-state index contributed by atoms with van der Waals surface area (Å²) < 4.78 is 0. The molecule has 0 amide bonds. The molecule has 1 aromatic rings. The Balaban J connectivity index is 0.00000192. The second kappa shape index (κ2) is 8.65. The van der Waals surface area contributed by atoms with Gasteiger partial charge in [0.1, 0.15) is 5.01 Å². The molecule has 0 saturated heterocycles. The highest BCUT2D eigenvalue weighted by molar-refractivity contribution is 14.0. The van der Waals surface area contributed by atoms with E-state index < -0.39 is 0 Å². The molecule has 2 aliphatic carbocycles. The molecule has 1 aromatic heterocycles. The number of halogens is 1. The van der Waals surface area contributed by atoms with Crippen LogP contribution < -0.4 is 5.32 Å². The molecule has 0 radical (unpaired) electrons. The standard InChI is InChI=1S/C17H28N4S.HI/c1-4-7-12-10-14(12)20-17(18-2)21(3)11-16-19-13-8-5-6-9-15(13)22-16;/h12,14H,4-11H2,1-3H3,(H,18,20);1H. The normalized spacial score (nSPS) is 23.0. The van der Waals surface area contributed by atoms with E-state index in [9.17, 15) is 0 Å². The fourth-order valence-corrected chi connectivity index (χ4v) is 4.59. The first-order valence-electron chi connectivity index (χ1n) is 8.63. The lowest BCUT2D eigenvalue weighted by atomic mass is 10.0. The molecule has 0 spiro atoms. The lowest BCUT2D eigenvalue weighted by Gasteiger charge is -2.21. The van der Waals surface area contributed by atoms with Crippen molar-refractivity contribution in [3.63, 3.8) is 0 Å². The predicted octanol–water partition coefficient (Wildman–Crippen LogP) is 3.84. The third-order valence-electron chi connectivity index (χ3n) is 4.73. The topological polar surface area (TPSA) is 40.5 Å². The molecule has 2 atom stereocenters. The summed E-state index contributed by atoms with van der Waals surface area (Å²) in [7, 11) is 4.00. The van der Waals surface area contributed by atoms with E-state index in [1.165, 1.54) is 60.5 Å². The molecule has 0 bridgehead atoms. The molecule has 0 aromatic carbocycles. The van der Waals surface area contributed by atoms with E-state index in [-0.39, 0.29) is 24.0 Å². The largest absolute Gasteiger partial charge is 0.353 e. The minimum absolute atomic E-state index is 0. The molecule has 3 rings (SSSR count). The number of aliphatic imine (C=N–C) groups is 1. The molecule has 6 heteroatoms.